The lowest BCUT2D eigenvalue weighted by atomic mass is 9.99. The van der Waals surface area contributed by atoms with Crippen molar-refractivity contribution in [3.8, 4) is 0 Å². The van der Waals surface area contributed by atoms with E-state index in [1.807, 2.05) is 0 Å². The SMILES string of the molecule is CCCCCCCCCC(=O)OC[C@H](COP(=O)(O)OC[C@H](O)COP(=O)(O)OC[C@@H](COC(=O)CCCCCCCCCCCCCCCCC(C)CC)OC(=O)CCCCCCCCCCCCCCCCCC(C)C)OC(=O)CCCCCCCCC. The van der Waals surface area contributed by atoms with Crippen LogP contribution < -0.4 is 0 Å². The Kier molecular flexibility index (Phi) is 61.8. The van der Waals surface area contributed by atoms with Crippen molar-refractivity contribution in [3.63, 3.8) is 0 Å². The largest absolute Gasteiger partial charge is 0.472 e. The Bertz CT molecular complexity index is 1750. The van der Waals surface area contributed by atoms with Gasteiger partial charge >= 0.3 is 39.5 Å². The first-order valence-electron chi connectivity index (χ1n) is 37.0. The number of carbonyl (C=O) groups is 4. The van der Waals surface area contributed by atoms with Gasteiger partial charge < -0.3 is 33.8 Å². The molecule has 0 radical (unpaired) electrons. The Morgan fingerprint density at radius 1 is 0.322 bits per heavy atom. The minimum Gasteiger partial charge on any atom is -0.462 e. The number of aliphatic hydroxyl groups is 1. The summed E-state index contributed by atoms with van der Waals surface area (Å²) in [5.41, 5.74) is 0. The van der Waals surface area contributed by atoms with Crippen LogP contribution in [0.4, 0.5) is 0 Å². The van der Waals surface area contributed by atoms with Crippen LogP contribution in [-0.4, -0.2) is 96.7 Å². The normalized spacial score (nSPS) is 14.4. The monoisotopic (exact) mass is 1320 g/mol. The first kappa shape index (κ1) is 88.1. The quantitative estimate of drug-likeness (QED) is 0.0222. The summed E-state index contributed by atoms with van der Waals surface area (Å²) >= 11 is 0. The van der Waals surface area contributed by atoms with Crippen LogP contribution >= 0.6 is 15.6 Å². The van der Waals surface area contributed by atoms with Crippen molar-refractivity contribution in [2.24, 2.45) is 11.8 Å². The number of phosphoric acid groups is 2. The van der Waals surface area contributed by atoms with Gasteiger partial charge in [0, 0.05) is 25.7 Å². The molecule has 0 heterocycles. The fourth-order valence-electron chi connectivity index (χ4n) is 10.7. The molecule has 534 valence electrons. The number of ether oxygens (including phenoxy) is 4. The van der Waals surface area contributed by atoms with Crippen molar-refractivity contribution in [3.05, 3.63) is 0 Å². The van der Waals surface area contributed by atoms with Crippen molar-refractivity contribution in [2.75, 3.05) is 39.6 Å². The van der Waals surface area contributed by atoms with Gasteiger partial charge in [-0.1, -0.05) is 311 Å². The molecule has 0 rings (SSSR count). The minimum absolute atomic E-state index is 0.103. The van der Waals surface area contributed by atoms with Crippen LogP contribution in [0.3, 0.4) is 0 Å². The Hall–Kier alpha value is -1.94. The summed E-state index contributed by atoms with van der Waals surface area (Å²) in [6.45, 7) is 9.55. The Morgan fingerprint density at radius 3 is 0.844 bits per heavy atom. The molecule has 3 unspecified atom stereocenters. The molecular formula is C71H138O17P2. The maximum atomic E-state index is 13.0. The number of aliphatic hydroxyl groups excluding tert-OH is 1. The first-order chi connectivity index (χ1) is 43.4. The molecule has 90 heavy (non-hydrogen) atoms. The molecule has 0 saturated heterocycles. The van der Waals surface area contributed by atoms with Crippen LogP contribution in [0.15, 0.2) is 0 Å². The molecule has 3 N–H and O–H groups in total. The van der Waals surface area contributed by atoms with Crippen molar-refractivity contribution < 1.29 is 80.2 Å². The Balaban J connectivity index is 5.14. The van der Waals surface area contributed by atoms with E-state index in [1.165, 1.54) is 154 Å². The summed E-state index contributed by atoms with van der Waals surface area (Å²) in [5.74, 6) is -0.479. The predicted molar refractivity (Wildman–Crippen MR) is 363 cm³/mol. The summed E-state index contributed by atoms with van der Waals surface area (Å²) in [5, 5.41) is 10.6. The van der Waals surface area contributed by atoms with Crippen LogP contribution in [0.5, 0.6) is 0 Å². The maximum Gasteiger partial charge on any atom is 0.472 e. The van der Waals surface area contributed by atoms with E-state index < -0.39 is 97.5 Å². The van der Waals surface area contributed by atoms with Gasteiger partial charge in [0.1, 0.15) is 19.3 Å². The van der Waals surface area contributed by atoms with E-state index in [1.54, 1.807) is 0 Å². The van der Waals surface area contributed by atoms with Gasteiger partial charge in [-0.05, 0) is 37.5 Å². The van der Waals surface area contributed by atoms with Gasteiger partial charge in [0.05, 0.1) is 26.4 Å². The van der Waals surface area contributed by atoms with Crippen LogP contribution in [0.2, 0.25) is 0 Å². The minimum atomic E-state index is -4.95. The van der Waals surface area contributed by atoms with Gasteiger partial charge in [0.25, 0.3) is 0 Å². The smallest absolute Gasteiger partial charge is 0.462 e. The summed E-state index contributed by atoms with van der Waals surface area (Å²) < 4.78 is 68.1. The third kappa shape index (κ3) is 63.5. The molecule has 0 aromatic carbocycles. The average Bonchev–Trinajstić information content (AvgIpc) is 2.98. The molecule has 0 fully saturated rings. The van der Waals surface area contributed by atoms with Crippen molar-refractivity contribution in [1.29, 1.82) is 0 Å². The molecular weight excluding hydrogens is 1190 g/mol. The lowest BCUT2D eigenvalue weighted by molar-refractivity contribution is -0.161. The summed E-state index contributed by atoms with van der Waals surface area (Å²) in [7, 11) is -9.89. The molecule has 0 aliphatic carbocycles. The number of esters is 4. The molecule has 0 aromatic heterocycles. The number of carbonyl (C=O) groups excluding carboxylic acids is 4. The number of phosphoric ester groups is 2. The van der Waals surface area contributed by atoms with Gasteiger partial charge in [-0.15, -0.1) is 0 Å². The average molecular weight is 1330 g/mol. The lowest BCUT2D eigenvalue weighted by Gasteiger charge is -2.21. The zero-order valence-corrected chi connectivity index (χ0v) is 60.2. The Labute approximate surface area is 549 Å². The van der Waals surface area contributed by atoms with Crippen molar-refractivity contribution in [2.45, 2.75) is 381 Å². The number of hydrogen-bond donors (Lipinski definition) is 3. The van der Waals surface area contributed by atoms with E-state index in [-0.39, 0.29) is 25.7 Å². The van der Waals surface area contributed by atoms with E-state index in [0.29, 0.717) is 25.7 Å². The third-order valence-corrected chi connectivity index (χ3v) is 18.7. The highest BCUT2D eigenvalue weighted by molar-refractivity contribution is 7.47. The predicted octanol–water partition coefficient (Wildman–Crippen LogP) is 20.4. The second-order valence-electron chi connectivity index (χ2n) is 26.3. The fraction of sp³-hybridized carbons (Fsp3) is 0.944. The van der Waals surface area contributed by atoms with Gasteiger partial charge in [0.2, 0.25) is 0 Å². The zero-order valence-electron chi connectivity index (χ0n) is 58.4. The van der Waals surface area contributed by atoms with E-state index in [4.69, 9.17) is 37.0 Å². The molecule has 6 atom stereocenters. The zero-order chi connectivity index (χ0) is 66.5. The number of hydrogen-bond acceptors (Lipinski definition) is 15. The maximum absolute atomic E-state index is 13.0. The topological polar surface area (TPSA) is 237 Å². The molecule has 0 spiro atoms. The molecule has 19 heteroatoms. The summed E-state index contributed by atoms with van der Waals surface area (Å²) in [4.78, 5) is 72.3. The highest BCUT2D eigenvalue weighted by atomic mass is 31.2. The highest BCUT2D eigenvalue weighted by Gasteiger charge is 2.30. The van der Waals surface area contributed by atoms with Crippen LogP contribution in [0.25, 0.3) is 0 Å². The second kappa shape index (κ2) is 63.1. The van der Waals surface area contributed by atoms with Crippen molar-refractivity contribution in [1.82, 2.24) is 0 Å². The van der Waals surface area contributed by atoms with Crippen LogP contribution in [0.1, 0.15) is 363 Å². The second-order valence-corrected chi connectivity index (χ2v) is 29.3. The third-order valence-electron chi connectivity index (χ3n) is 16.8. The molecule has 17 nitrogen and oxygen atoms in total. The van der Waals surface area contributed by atoms with Crippen molar-refractivity contribution >= 4 is 39.5 Å². The van der Waals surface area contributed by atoms with Gasteiger partial charge in [-0.2, -0.15) is 0 Å². The molecule has 0 aliphatic rings. The lowest BCUT2D eigenvalue weighted by Crippen LogP contribution is -2.30. The summed E-state index contributed by atoms with van der Waals surface area (Å²) in [6, 6.07) is 0. The molecule has 0 aliphatic heterocycles. The van der Waals surface area contributed by atoms with E-state index in [2.05, 4.69) is 41.5 Å². The highest BCUT2D eigenvalue weighted by Crippen LogP contribution is 2.45. The van der Waals surface area contributed by atoms with E-state index >= 15 is 0 Å². The molecule has 0 bridgehead atoms. The van der Waals surface area contributed by atoms with Gasteiger partial charge in [-0.3, -0.25) is 37.3 Å². The molecule has 0 aromatic rings. The summed E-state index contributed by atoms with van der Waals surface area (Å²) in [6.07, 6.45) is 48.9. The van der Waals surface area contributed by atoms with E-state index in [9.17, 15) is 43.2 Å². The Morgan fingerprint density at radius 2 is 0.567 bits per heavy atom. The standard InChI is InChI=1S/C71H138O17P2/c1-7-10-12-14-33-41-47-53-68(73)81-59-66(87-70(75)55-49-43-34-15-13-11-8-2)61-85-89(77,78)83-57-65(72)58-84-90(79,80)86-62-67(88-71(76)56-50-44-38-32-28-24-18-16-17-21-25-29-35-39-45-51-63(4)5)60-82-69(74)54-48-42-37-31-27-23-20-19-22-26-30-36-40-46-52-64(6)9-3/h63-67,72H,7-62H2,1-6H3,(H,77,78)(H,79,80)/t64?,65-,66+,67+/m0/s1. The fourth-order valence-corrected chi connectivity index (χ4v) is 12.3. The van der Waals surface area contributed by atoms with E-state index in [0.717, 1.165) is 127 Å². The first-order valence-corrected chi connectivity index (χ1v) is 40.0. The van der Waals surface area contributed by atoms with Crippen LogP contribution in [-0.2, 0) is 65.4 Å². The van der Waals surface area contributed by atoms with Gasteiger partial charge in [-0.25, -0.2) is 9.13 Å². The number of rotatable bonds is 70. The van der Waals surface area contributed by atoms with Gasteiger partial charge in [0.15, 0.2) is 12.2 Å². The molecule has 0 amide bonds. The number of unbranched alkanes of at least 4 members (excludes halogenated alkanes) is 39. The molecule has 0 saturated carbocycles. The van der Waals surface area contributed by atoms with Crippen LogP contribution in [0, 0.1) is 11.8 Å².